The zero-order valence-electron chi connectivity index (χ0n) is 18.7. The molecular formula is C25H23Cl2N5O2. The van der Waals surface area contributed by atoms with E-state index in [2.05, 4.69) is 20.6 Å². The standard InChI is InChI=1S/C25H23Cl2N5O2/c1-32(2)21-12-18(27)11-20(25(34)31-23-8-7-17(26)14-30-23)19(21)13-22(33)15-3-5-16(6-4-15)24-28-9-10-29-24/h3-8,11-12,14H,9-10,13H2,1-2H3,(H,28,29)(H,30,31,34). The van der Waals surface area contributed by atoms with E-state index in [4.69, 9.17) is 23.2 Å². The Morgan fingerprint density at radius 1 is 1.06 bits per heavy atom. The van der Waals surface area contributed by atoms with Gasteiger partial charge in [0, 0.05) is 60.7 Å². The summed E-state index contributed by atoms with van der Waals surface area (Å²) in [6.07, 6.45) is 1.47. The highest BCUT2D eigenvalue weighted by Crippen LogP contribution is 2.30. The summed E-state index contributed by atoms with van der Waals surface area (Å²) in [5, 5.41) is 6.83. The molecule has 7 nitrogen and oxygen atoms in total. The molecule has 0 aliphatic carbocycles. The van der Waals surface area contributed by atoms with Gasteiger partial charge in [0.2, 0.25) is 0 Å². The molecule has 3 aromatic rings. The molecule has 0 atom stereocenters. The molecule has 0 saturated heterocycles. The zero-order chi connectivity index (χ0) is 24.2. The predicted molar refractivity (Wildman–Crippen MR) is 137 cm³/mol. The van der Waals surface area contributed by atoms with Crippen molar-refractivity contribution in [1.82, 2.24) is 10.3 Å². The normalized spacial score (nSPS) is 12.6. The van der Waals surface area contributed by atoms with Crippen LogP contribution in [0.15, 0.2) is 59.7 Å². The minimum atomic E-state index is -0.413. The van der Waals surface area contributed by atoms with E-state index in [1.165, 1.54) is 6.20 Å². The van der Waals surface area contributed by atoms with Crippen LogP contribution in [-0.2, 0) is 6.42 Å². The predicted octanol–water partition coefficient (Wildman–Crippen LogP) is 4.48. The third kappa shape index (κ3) is 5.38. The van der Waals surface area contributed by atoms with Gasteiger partial charge in [0.25, 0.3) is 5.91 Å². The van der Waals surface area contributed by atoms with E-state index >= 15 is 0 Å². The molecule has 2 heterocycles. The van der Waals surface area contributed by atoms with Gasteiger partial charge in [-0.05, 0) is 29.8 Å². The molecular weight excluding hydrogens is 473 g/mol. The van der Waals surface area contributed by atoms with Crippen LogP contribution in [0.25, 0.3) is 0 Å². The van der Waals surface area contributed by atoms with E-state index in [0.717, 1.165) is 24.5 Å². The average Bonchev–Trinajstić information content (AvgIpc) is 3.36. The first-order valence-electron chi connectivity index (χ1n) is 10.7. The van der Waals surface area contributed by atoms with Crippen molar-refractivity contribution in [2.45, 2.75) is 6.42 Å². The molecule has 0 fully saturated rings. The van der Waals surface area contributed by atoms with E-state index < -0.39 is 5.91 Å². The van der Waals surface area contributed by atoms with Crippen molar-refractivity contribution in [3.05, 3.63) is 87.0 Å². The van der Waals surface area contributed by atoms with E-state index in [9.17, 15) is 9.59 Å². The molecule has 2 N–H and O–H groups in total. The van der Waals surface area contributed by atoms with Crippen LogP contribution in [0.4, 0.5) is 11.5 Å². The fourth-order valence-electron chi connectivity index (χ4n) is 3.71. The monoisotopic (exact) mass is 495 g/mol. The van der Waals surface area contributed by atoms with Crippen molar-refractivity contribution in [2.75, 3.05) is 37.4 Å². The summed E-state index contributed by atoms with van der Waals surface area (Å²) < 4.78 is 0. The number of nitrogens with one attached hydrogen (secondary N) is 2. The fraction of sp³-hybridized carbons (Fsp3) is 0.200. The number of rotatable bonds is 7. The van der Waals surface area contributed by atoms with E-state index in [-0.39, 0.29) is 12.2 Å². The summed E-state index contributed by atoms with van der Waals surface area (Å²) in [4.78, 5) is 36.7. The fourth-order valence-corrected chi connectivity index (χ4v) is 4.04. The van der Waals surface area contributed by atoms with Crippen molar-refractivity contribution in [2.24, 2.45) is 4.99 Å². The third-order valence-corrected chi connectivity index (χ3v) is 5.82. The zero-order valence-corrected chi connectivity index (χ0v) is 20.2. The number of ketones is 1. The number of nitrogens with zero attached hydrogens (tertiary/aromatic N) is 3. The van der Waals surface area contributed by atoms with Gasteiger partial charge in [-0.25, -0.2) is 4.98 Å². The van der Waals surface area contributed by atoms with Crippen molar-refractivity contribution in [1.29, 1.82) is 0 Å². The lowest BCUT2D eigenvalue weighted by atomic mass is 9.95. The van der Waals surface area contributed by atoms with Crippen molar-refractivity contribution < 1.29 is 9.59 Å². The van der Waals surface area contributed by atoms with Crippen LogP contribution < -0.4 is 15.5 Å². The maximum Gasteiger partial charge on any atom is 0.257 e. The molecule has 0 saturated carbocycles. The summed E-state index contributed by atoms with van der Waals surface area (Å²) in [6.45, 7) is 1.56. The van der Waals surface area contributed by atoms with Gasteiger partial charge in [-0.1, -0.05) is 47.5 Å². The van der Waals surface area contributed by atoms with Gasteiger partial charge < -0.3 is 15.5 Å². The first-order valence-corrected chi connectivity index (χ1v) is 11.4. The van der Waals surface area contributed by atoms with Crippen LogP contribution in [-0.4, -0.2) is 49.7 Å². The molecule has 0 unspecified atom stereocenters. The van der Waals surface area contributed by atoms with Gasteiger partial charge in [-0.3, -0.25) is 14.6 Å². The number of hydrogen-bond acceptors (Lipinski definition) is 6. The highest BCUT2D eigenvalue weighted by molar-refractivity contribution is 6.31. The minimum Gasteiger partial charge on any atom is -0.377 e. The summed E-state index contributed by atoms with van der Waals surface area (Å²) in [7, 11) is 3.68. The largest absolute Gasteiger partial charge is 0.377 e. The van der Waals surface area contributed by atoms with Crippen molar-refractivity contribution in [3.63, 3.8) is 0 Å². The second-order valence-electron chi connectivity index (χ2n) is 8.00. The summed E-state index contributed by atoms with van der Waals surface area (Å²) in [5.74, 6) is 0.652. The minimum absolute atomic E-state index is 0.0278. The number of benzene rings is 2. The highest BCUT2D eigenvalue weighted by Gasteiger charge is 2.21. The van der Waals surface area contributed by atoms with Gasteiger partial charge in [-0.15, -0.1) is 0 Å². The van der Waals surface area contributed by atoms with Crippen molar-refractivity contribution >= 4 is 52.2 Å². The van der Waals surface area contributed by atoms with Gasteiger partial charge in [-0.2, -0.15) is 0 Å². The molecule has 0 radical (unpaired) electrons. The molecule has 1 aliphatic heterocycles. The Labute approximate surface area is 207 Å². The number of anilines is 2. The van der Waals surface area contributed by atoms with Crippen LogP contribution in [0.1, 0.15) is 31.8 Å². The maximum absolute atomic E-state index is 13.2. The van der Waals surface area contributed by atoms with Crippen LogP contribution in [0.5, 0.6) is 0 Å². The molecule has 1 aliphatic rings. The molecule has 34 heavy (non-hydrogen) atoms. The second kappa shape index (κ2) is 10.2. The quantitative estimate of drug-likeness (QED) is 0.471. The Balaban J connectivity index is 1.63. The van der Waals surface area contributed by atoms with E-state index in [0.29, 0.717) is 38.2 Å². The Bertz CT molecular complexity index is 1260. The lowest BCUT2D eigenvalue weighted by molar-refractivity contribution is 0.0992. The lowest BCUT2D eigenvalue weighted by Crippen LogP contribution is -2.21. The summed E-state index contributed by atoms with van der Waals surface area (Å²) >= 11 is 12.2. The lowest BCUT2D eigenvalue weighted by Gasteiger charge is -2.21. The van der Waals surface area contributed by atoms with E-state index in [1.54, 1.807) is 36.4 Å². The number of amidine groups is 1. The van der Waals surface area contributed by atoms with E-state index in [1.807, 2.05) is 31.1 Å². The number of aliphatic imine (C=N–C) groups is 1. The summed E-state index contributed by atoms with van der Waals surface area (Å²) in [6, 6.07) is 13.9. The molecule has 2 aromatic carbocycles. The molecule has 9 heteroatoms. The molecule has 0 spiro atoms. The maximum atomic E-state index is 13.2. The Hall–Kier alpha value is -3.42. The smallest absolute Gasteiger partial charge is 0.257 e. The van der Waals surface area contributed by atoms with Gasteiger partial charge >= 0.3 is 0 Å². The number of halogens is 2. The number of pyridine rings is 1. The number of carbonyl (C=O) groups excluding carboxylic acids is 2. The Morgan fingerprint density at radius 3 is 2.44 bits per heavy atom. The average molecular weight is 496 g/mol. The second-order valence-corrected chi connectivity index (χ2v) is 8.87. The first-order chi connectivity index (χ1) is 16.3. The number of aromatic nitrogens is 1. The third-order valence-electron chi connectivity index (χ3n) is 5.38. The molecule has 174 valence electrons. The van der Waals surface area contributed by atoms with Gasteiger partial charge in [0.15, 0.2) is 5.78 Å². The highest BCUT2D eigenvalue weighted by atomic mass is 35.5. The van der Waals surface area contributed by atoms with Crippen LogP contribution >= 0.6 is 23.2 Å². The Kier molecular flexibility index (Phi) is 7.14. The van der Waals surface area contributed by atoms with Crippen LogP contribution in [0, 0.1) is 0 Å². The number of hydrogen-bond donors (Lipinski definition) is 2. The SMILES string of the molecule is CN(C)c1cc(Cl)cc(C(=O)Nc2ccc(Cl)cn2)c1CC(=O)c1ccc(C2=NCCN2)cc1. The molecule has 1 aromatic heterocycles. The number of amides is 1. The molecule has 4 rings (SSSR count). The van der Waals surface area contributed by atoms with Crippen molar-refractivity contribution in [3.8, 4) is 0 Å². The Morgan fingerprint density at radius 2 is 1.82 bits per heavy atom. The van der Waals surface area contributed by atoms with Crippen LogP contribution in [0.3, 0.4) is 0 Å². The van der Waals surface area contributed by atoms with Gasteiger partial charge in [0.1, 0.15) is 11.7 Å². The molecule has 1 amide bonds. The number of carbonyl (C=O) groups is 2. The first kappa shape index (κ1) is 23.7. The number of Topliss-reactive ketones (excluding diaryl/α,β-unsaturated/α-hetero) is 1. The van der Waals surface area contributed by atoms with Gasteiger partial charge in [0.05, 0.1) is 11.6 Å². The molecule has 0 bridgehead atoms. The summed E-state index contributed by atoms with van der Waals surface area (Å²) in [5.41, 5.74) is 3.06. The van der Waals surface area contributed by atoms with Crippen LogP contribution in [0.2, 0.25) is 10.0 Å². The topological polar surface area (TPSA) is 86.7 Å².